The lowest BCUT2D eigenvalue weighted by atomic mass is 9.92. The van der Waals surface area contributed by atoms with Gasteiger partial charge in [0.1, 0.15) is 10.8 Å². The van der Waals surface area contributed by atoms with E-state index in [0.717, 1.165) is 27.1 Å². The Hall–Kier alpha value is -4.36. The molecule has 202 valence electrons. The summed E-state index contributed by atoms with van der Waals surface area (Å²) >= 11 is 1.44. The van der Waals surface area contributed by atoms with E-state index in [1.807, 2.05) is 124 Å². The summed E-state index contributed by atoms with van der Waals surface area (Å²) in [5, 5.41) is 5.54. The average Bonchev–Trinajstić information content (AvgIpc) is 3.36. The molecule has 40 heavy (non-hydrogen) atoms. The Labute approximate surface area is 238 Å². The zero-order chi connectivity index (χ0) is 28.1. The summed E-state index contributed by atoms with van der Waals surface area (Å²) in [6, 6.07) is 32.4. The van der Waals surface area contributed by atoms with Crippen LogP contribution in [0.15, 0.2) is 112 Å². The third-order valence-corrected chi connectivity index (χ3v) is 7.34. The molecule has 0 aliphatic heterocycles. The second-order valence-electron chi connectivity index (χ2n) is 10.8. The van der Waals surface area contributed by atoms with Gasteiger partial charge in [-0.2, -0.15) is 0 Å². The van der Waals surface area contributed by atoms with Crippen LogP contribution in [0.3, 0.4) is 0 Å². The van der Waals surface area contributed by atoms with E-state index in [1.165, 1.54) is 11.8 Å². The van der Waals surface area contributed by atoms with Gasteiger partial charge in [-0.3, -0.25) is 9.59 Å². The van der Waals surface area contributed by atoms with E-state index in [9.17, 15) is 9.59 Å². The summed E-state index contributed by atoms with van der Waals surface area (Å²) in [6.45, 7) is 6.10. The minimum absolute atomic E-state index is 0.0340. The normalized spacial score (nSPS) is 12.2. The lowest BCUT2D eigenvalue weighted by molar-refractivity contribution is -0.118. The topological polar surface area (TPSA) is 84.2 Å². The molecule has 0 aliphatic rings. The maximum absolute atomic E-state index is 13.6. The molecule has 4 aromatic carbocycles. The highest BCUT2D eigenvalue weighted by atomic mass is 32.2. The minimum Gasteiger partial charge on any atom is -0.436 e. The Morgan fingerprint density at radius 2 is 1.55 bits per heavy atom. The minimum atomic E-state index is -0.501. The van der Waals surface area contributed by atoms with Crippen LogP contribution in [-0.2, 0) is 9.59 Å². The maximum Gasteiger partial charge on any atom is 0.242 e. The second-order valence-corrected chi connectivity index (χ2v) is 12.0. The van der Waals surface area contributed by atoms with E-state index >= 15 is 0 Å². The van der Waals surface area contributed by atoms with E-state index in [4.69, 9.17) is 4.42 Å². The number of carbonyl (C=O) groups is 2. The van der Waals surface area contributed by atoms with Crippen LogP contribution in [0.25, 0.3) is 22.6 Å². The molecule has 1 aromatic heterocycles. The highest BCUT2D eigenvalue weighted by molar-refractivity contribution is 8.00. The van der Waals surface area contributed by atoms with E-state index in [-0.39, 0.29) is 17.2 Å². The molecule has 0 spiro atoms. The van der Waals surface area contributed by atoms with Crippen LogP contribution in [0.4, 0.5) is 11.4 Å². The Balaban J connectivity index is 1.32. The van der Waals surface area contributed by atoms with Crippen molar-refractivity contribution in [3.63, 3.8) is 0 Å². The first-order chi connectivity index (χ1) is 19.2. The fourth-order valence-corrected chi connectivity index (χ4v) is 5.35. The van der Waals surface area contributed by atoms with Gasteiger partial charge in [-0.1, -0.05) is 69.3 Å². The number of fused-ring (bicyclic) bond motifs is 1. The molecule has 0 bridgehead atoms. The lowest BCUT2D eigenvalue weighted by Crippen LogP contribution is -2.20. The van der Waals surface area contributed by atoms with Gasteiger partial charge in [-0.25, -0.2) is 4.98 Å². The van der Waals surface area contributed by atoms with Crippen molar-refractivity contribution in [2.24, 2.45) is 5.41 Å². The molecule has 0 radical (unpaired) electrons. The van der Waals surface area contributed by atoms with Crippen molar-refractivity contribution in [1.29, 1.82) is 0 Å². The highest BCUT2D eigenvalue weighted by Gasteiger charge is 2.23. The van der Waals surface area contributed by atoms with Gasteiger partial charge in [0.15, 0.2) is 5.58 Å². The molecule has 7 heteroatoms. The number of carbonyl (C=O) groups excluding carboxylic acids is 2. The number of rotatable bonds is 8. The van der Waals surface area contributed by atoms with Gasteiger partial charge < -0.3 is 15.1 Å². The zero-order valence-corrected chi connectivity index (χ0v) is 23.5. The first-order valence-electron chi connectivity index (χ1n) is 13.1. The Kier molecular flexibility index (Phi) is 8.03. The number of nitrogens with one attached hydrogen (secondary N) is 2. The first kappa shape index (κ1) is 27.2. The SMILES string of the molecule is CC(C)(C)CC(=O)Nc1cccc(SC(C(=O)Nc2ccc(-c3nc4ccccc4o3)cc2)c2ccccc2)c1. The number of hydrogen-bond donors (Lipinski definition) is 2. The molecule has 1 heterocycles. The van der Waals surface area contributed by atoms with Crippen molar-refractivity contribution in [1.82, 2.24) is 4.98 Å². The summed E-state index contributed by atoms with van der Waals surface area (Å²) in [5.41, 5.74) is 4.53. The molecule has 6 nitrogen and oxygen atoms in total. The number of anilines is 2. The van der Waals surface area contributed by atoms with Gasteiger partial charge in [0.05, 0.1) is 0 Å². The van der Waals surface area contributed by atoms with E-state index in [1.54, 1.807) is 0 Å². The summed E-state index contributed by atoms with van der Waals surface area (Å²) in [4.78, 5) is 31.5. The van der Waals surface area contributed by atoms with Crippen LogP contribution >= 0.6 is 11.8 Å². The van der Waals surface area contributed by atoms with Crippen molar-refractivity contribution in [3.8, 4) is 11.5 Å². The number of oxazole rings is 1. The van der Waals surface area contributed by atoms with Gasteiger partial charge in [-0.15, -0.1) is 11.8 Å². The fourth-order valence-electron chi connectivity index (χ4n) is 4.27. The van der Waals surface area contributed by atoms with Crippen molar-refractivity contribution in [2.45, 2.75) is 37.3 Å². The molecule has 1 atom stereocenters. The molecular formula is C33H31N3O3S. The molecular weight excluding hydrogens is 518 g/mol. The molecule has 1 unspecified atom stereocenters. The van der Waals surface area contributed by atoms with Gasteiger partial charge in [0.2, 0.25) is 17.7 Å². The van der Waals surface area contributed by atoms with E-state index in [0.29, 0.717) is 23.7 Å². The number of thioether (sulfide) groups is 1. The molecule has 0 saturated heterocycles. The average molecular weight is 550 g/mol. The van der Waals surface area contributed by atoms with Crippen LogP contribution in [0, 0.1) is 5.41 Å². The van der Waals surface area contributed by atoms with Crippen molar-refractivity contribution in [2.75, 3.05) is 10.6 Å². The Bertz CT molecular complexity index is 1590. The Morgan fingerprint density at radius 1 is 0.825 bits per heavy atom. The second kappa shape index (κ2) is 11.8. The van der Waals surface area contributed by atoms with Gasteiger partial charge in [-0.05, 0) is 65.6 Å². The number of amides is 2. The van der Waals surface area contributed by atoms with Crippen molar-refractivity contribution < 1.29 is 14.0 Å². The molecule has 2 amide bonds. The molecule has 2 N–H and O–H groups in total. The quantitative estimate of drug-likeness (QED) is 0.190. The molecule has 5 rings (SSSR count). The van der Waals surface area contributed by atoms with Crippen LogP contribution < -0.4 is 10.6 Å². The molecule has 0 saturated carbocycles. The van der Waals surface area contributed by atoms with Gasteiger partial charge in [0, 0.05) is 28.3 Å². The first-order valence-corrected chi connectivity index (χ1v) is 14.0. The number of aromatic nitrogens is 1. The third kappa shape index (κ3) is 6.98. The van der Waals surface area contributed by atoms with Crippen LogP contribution in [0.2, 0.25) is 0 Å². The highest BCUT2D eigenvalue weighted by Crippen LogP contribution is 2.37. The van der Waals surface area contributed by atoms with Crippen LogP contribution in [0.5, 0.6) is 0 Å². The number of hydrogen-bond acceptors (Lipinski definition) is 5. The van der Waals surface area contributed by atoms with Gasteiger partial charge in [0.25, 0.3) is 0 Å². The largest absolute Gasteiger partial charge is 0.436 e. The summed E-state index contributed by atoms with van der Waals surface area (Å²) in [7, 11) is 0. The maximum atomic E-state index is 13.6. The van der Waals surface area contributed by atoms with Gasteiger partial charge >= 0.3 is 0 Å². The number of nitrogens with zero attached hydrogens (tertiary/aromatic N) is 1. The van der Waals surface area contributed by atoms with E-state index in [2.05, 4.69) is 15.6 Å². The summed E-state index contributed by atoms with van der Waals surface area (Å²) in [5.74, 6) is 0.354. The fraction of sp³-hybridized carbons (Fsp3) is 0.182. The summed E-state index contributed by atoms with van der Waals surface area (Å²) in [6.07, 6.45) is 0.421. The van der Waals surface area contributed by atoms with E-state index < -0.39 is 5.25 Å². The van der Waals surface area contributed by atoms with Crippen molar-refractivity contribution in [3.05, 3.63) is 109 Å². The van der Waals surface area contributed by atoms with Crippen LogP contribution in [-0.4, -0.2) is 16.8 Å². The molecule has 0 fully saturated rings. The van der Waals surface area contributed by atoms with Crippen LogP contribution in [0.1, 0.15) is 38.0 Å². The number of benzene rings is 4. The standard InChI is InChI=1S/C33H31N3O3S/c1-33(2,3)21-29(37)34-25-12-9-13-26(20-25)40-30(22-10-5-4-6-11-22)31(38)35-24-18-16-23(17-19-24)32-36-27-14-7-8-15-28(27)39-32/h4-20,30H,21H2,1-3H3,(H,34,37)(H,35,38). The number of para-hydroxylation sites is 2. The molecule has 5 aromatic rings. The smallest absolute Gasteiger partial charge is 0.242 e. The molecule has 0 aliphatic carbocycles. The zero-order valence-electron chi connectivity index (χ0n) is 22.7. The van der Waals surface area contributed by atoms with Crippen molar-refractivity contribution >= 4 is 46.1 Å². The lowest BCUT2D eigenvalue weighted by Gasteiger charge is -2.19. The monoisotopic (exact) mass is 549 g/mol. The Morgan fingerprint density at radius 3 is 2.27 bits per heavy atom. The predicted molar refractivity (Wildman–Crippen MR) is 162 cm³/mol. The third-order valence-electron chi connectivity index (χ3n) is 6.10. The summed E-state index contributed by atoms with van der Waals surface area (Å²) < 4.78 is 5.87. The predicted octanol–water partition coefficient (Wildman–Crippen LogP) is 8.34.